The fraction of sp³-hybridized carbons (Fsp3) is 0.350. The third kappa shape index (κ3) is 3.12. The first-order valence-electron chi connectivity index (χ1n) is 9.07. The van der Waals surface area contributed by atoms with Gasteiger partial charge in [0.05, 0.1) is 17.8 Å². The molecule has 0 saturated heterocycles. The predicted molar refractivity (Wildman–Crippen MR) is 97.8 cm³/mol. The van der Waals surface area contributed by atoms with E-state index in [4.69, 9.17) is 0 Å². The molecule has 1 amide bonds. The van der Waals surface area contributed by atoms with Crippen LogP contribution in [0.3, 0.4) is 0 Å². The Kier molecular flexibility index (Phi) is 4.36. The molecule has 146 valence electrons. The first kappa shape index (κ1) is 18.5. The number of carbonyl (C=O) groups is 1. The Morgan fingerprint density at radius 2 is 2.04 bits per heavy atom. The number of alkyl halides is 3. The molecule has 0 N–H and O–H groups in total. The van der Waals surface area contributed by atoms with E-state index in [1.165, 1.54) is 12.1 Å². The van der Waals surface area contributed by atoms with Crippen molar-refractivity contribution in [3.8, 4) is 0 Å². The van der Waals surface area contributed by atoms with Crippen LogP contribution in [0, 0.1) is 0 Å². The van der Waals surface area contributed by atoms with Crippen LogP contribution in [0.1, 0.15) is 40.1 Å². The summed E-state index contributed by atoms with van der Waals surface area (Å²) in [5.41, 5.74) is 2.10. The smallest absolute Gasteiger partial charge is 0.340 e. The van der Waals surface area contributed by atoms with E-state index >= 15 is 0 Å². The number of hydrogen-bond donors (Lipinski definition) is 0. The van der Waals surface area contributed by atoms with Gasteiger partial charge in [-0.05, 0) is 36.2 Å². The van der Waals surface area contributed by atoms with Gasteiger partial charge in [0.1, 0.15) is 11.5 Å². The van der Waals surface area contributed by atoms with Crippen molar-refractivity contribution in [2.24, 2.45) is 7.05 Å². The first-order valence-corrected chi connectivity index (χ1v) is 9.07. The number of aromatic nitrogens is 3. The summed E-state index contributed by atoms with van der Waals surface area (Å²) in [6.45, 7) is 2.87. The molecule has 4 rings (SSSR count). The Bertz CT molecular complexity index is 1070. The third-order valence-corrected chi connectivity index (χ3v) is 5.19. The van der Waals surface area contributed by atoms with Crippen LogP contribution in [0.5, 0.6) is 0 Å². The number of rotatable bonds is 2. The van der Waals surface area contributed by atoms with Crippen molar-refractivity contribution in [3.63, 3.8) is 0 Å². The molecule has 1 aliphatic rings. The van der Waals surface area contributed by atoms with Crippen LogP contribution in [-0.2, 0) is 32.6 Å². The van der Waals surface area contributed by atoms with E-state index in [1.807, 2.05) is 13.1 Å². The lowest BCUT2D eigenvalue weighted by atomic mass is 10.1. The summed E-state index contributed by atoms with van der Waals surface area (Å²) >= 11 is 0. The molecule has 0 atom stereocenters. The summed E-state index contributed by atoms with van der Waals surface area (Å²) in [4.78, 5) is 23.6. The SMILES string of the molecule is CCc1ncc2c(n1)CN(C(=O)c1cc3cc(C(F)(F)F)ccc3n1C)CC2. The fourth-order valence-electron chi connectivity index (χ4n) is 3.58. The fourth-order valence-corrected chi connectivity index (χ4v) is 3.58. The quantitative estimate of drug-likeness (QED) is 0.672. The second-order valence-corrected chi connectivity index (χ2v) is 6.95. The zero-order valence-electron chi connectivity index (χ0n) is 15.5. The molecule has 0 fully saturated rings. The third-order valence-electron chi connectivity index (χ3n) is 5.19. The number of fused-ring (bicyclic) bond motifs is 2. The van der Waals surface area contributed by atoms with Gasteiger partial charge < -0.3 is 9.47 Å². The highest BCUT2D eigenvalue weighted by Crippen LogP contribution is 2.32. The molecule has 0 saturated carbocycles. The summed E-state index contributed by atoms with van der Waals surface area (Å²) in [6.07, 6.45) is -1.22. The van der Waals surface area contributed by atoms with E-state index in [1.54, 1.807) is 16.5 Å². The van der Waals surface area contributed by atoms with Gasteiger partial charge in [-0.15, -0.1) is 0 Å². The van der Waals surface area contributed by atoms with Crippen molar-refractivity contribution in [1.29, 1.82) is 0 Å². The van der Waals surface area contributed by atoms with Crippen molar-refractivity contribution in [2.75, 3.05) is 6.54 Å². The zero-order chi connectivity index (χ0) is 20.1. The summed E-state index contributed by atoms with van der Waals surface area (Å²) in [6, 6.07) is 5.05. The lowest BCUT2D eigenvalue weighted by molar-refractivity contribution is -0.137. The van der Waals surface area contributed by atoms with Crippen molar-refractivity contribution < 1.29 is 18.0 Å². The molecular weight excluding hydrogens is 369 g/mol. The number of hydrogen-bond acceptors (Lipinski definition) is 3. The van der Waals surface area contributed by atoms with E-state index in [-0.39, 0.29) is 5.91 Å². The van der Waals surface area contributed by atoms with Gasteiger partial charge in [-0.25, -0.2) is 9.97 Å². The lowest BCUT2D eigenvalue weighted by Crippen LogP contribution is -2.37. The van der Waals surface area contributed by atoms with E-state index in [9.17, 15) is 18.0 Å². The van der Waals surface area contributed by atoms with Gasteiger partial charge in [0.25, 0.3) is 5.91 Å². The van der Waals surface area contributed by atoms with Crippen LogP contribution >= 0.6 is 0 Å². The first-order chi connectivity index (χ1) is 13.3. The molecule has 0 spiro atoms. The maximum atomic E-state index is 13.1. The number of benzene rings is 1. The van der Waals surface area contributed by atoms with Gasteiger partial charge in [-0.1, -0.05) is 6.92 Å². The predicted octanol–water partition coefficient (Wildman–Crippen LogP) is 3.75. The van der Waals surface area contributed by atoms with Crippen molar-refractivity contribution in [2.45, 2.75) is 32.5 Å². The van der Waals surface area contributed by atoms with Crippen LogP contribution in [0.4, 0.5) is 13.2 Å². The Balaban J connectivity index is 1.66. The molecule has 0 aliphatic carbocycles. The minimum absolute atomic E-state index is 0.213. The van der Waals surface area contributed by atoms with Crippen LogP contribution in [0.15, 0.2) is 30.5 Å². The highest BCUT2D eigenvalue weighted by Gasteiger charge is 2.31. The molecule has 8 heteroatoms. The number of aryl methyl sites for hydroxylation is 2. The normalized spacial score (nSPS) is 14.4. The number of carbonyl (C=O) groups excluding carboxylic acids is 1. The molecule has 2 aromatic heterocycles. The van der Waals surface area contributed by atoms with E-state index in [0.717, 1.165) is 29.2 Å². The molecule has 1 aromatic carbocycles. The van der Waals surface area contributed by atoms with Crippen LogP contribution in [0.25, 0.3) is 10.9 Å². The van der Waals surface area contributed by atoms with Crippen LogP contribution < -0.4 is 0 Å². The molecule has 0 unspecified atom stereocenters. The largest absolute Gasteiger partial charge is 0.416 e. The average molecular weight is 388 g/mol. The average Bonchev–Trinajstić information content (AvgIpc) is 3.02. The Morgan fingerprint density at radius 3 is 2.75 bits per heavy atom. The maximum Gasteiger partial charge on any atom is 0.416 e. The van der Waals surface area contributed by atoms with Gasteiger partial charge in [0, 0.05) is 37.1 Å². The van der Waals surface area contributed by atoms with E-state index in [0.29, 0.717) is 42.5 Å². The van der Waals surface area contributed by atoms with Gasteiger partial charge in [-0.2, -0.15) is 13.2 Å². The van der Waals surface area contributed by atoms with Crippen LogP contribution in [0.2, 0.25) is 0 Å². The lowest BCUT2D eigenvalue weighted by Gasteiger charge is -2.28. The topological polar surface area (TPSA) is 51.0 Å². The molecular formula is C20H19F3N4O. The summed E-state index contributed by atoms with van der Waals surface area (Å²) in [5, 5.41) is 0.397. The van der Waals surface area contributed by atoms with Gasteiger partial charge in [-0.3, -0.25) is 4.79 Å². The van der Waals surface area contributed by atoms with Gasteiger partial charge in [0.2, 0.25) is 0 Å². The van der Waals surface area contributed by atoms with Crippen molar-refractivity contribution in [1.82, 2.24) is 19.4 Å². The Labute approximate surface area is 159 Å². The van der Waals surface area contributed by atoms with Crippen molar-refractivity contribution >= 4 is 16.8 Å². The van der Waals surface area contributed by atoms with E-state index in [2.05, 4.69) is 9.97 Å². The summed E-state index contributed by atoms with van der Waals surface area (Å²) in [7, 11) is 1.69. The monoisotopic (exact) mass is 388 g/mol. The summed E-state index contributed by atoms with van der Waals surface area (Å²) < 4.78 is 40.6. The highest BCUT2D eigenvalue weighted by atomic mass is 19.4. The van der Waals surface area contributed by atoms with Crippen LogP contribution in [-0.4, -0.2) is 31.9 Å². The minimum Gasteiger partial charge on any atom is -0.340 e. The number of amides is 1. The molecule has 1 aliphatic heterocycles. The van der Waals surface area contributed by atoms with Crippen molar-refractivity contribution in [3.05, 3.63) is 58.8 Å². The molecule has 5 nitrogen and oxygen atoms in total. The highest BCUT2D eigenvalue weighted by molar-refractivity contribution is 5.99. The van der Waals surface area contributed by atoms with E-state index < -0.39 is 11.7 Å². The number of nitrogens with zero attached hydrogens (tertiary/aromatic N) is 4. The van der Waals surface area contributed by atoms with Gasteiger partial charge in [0.15, 0.2) is 0 Å². The van der Waals surface area contributed by atoms with Gasteiger partial charge >= 0.3 is 6.18 Å². The molecule has 3 aromatic rings. The second kappa shape index (κ2) is 6.61. The second-order valence-electron chi connectivity index (χ2n) is 6.95. The molecule has 3 heterocycles. The maximum absolute atomic E-state index is 13.1. The Morgan fingerprint density at radius 1 is 1.25 bits per heavy atom. The minimum atomic E-state index is -4.42. The summed E-state index contributed by atoms with van der Waals surface area (Å²) in [5.74, 6) is 0.520. The molecule has 28 heavy (non-hydrogen) atoms. The Hall–Kier alpha value is -2.90. The number of halogens is 3. The molecule has 0 bridgehead atoms. The standard InChI is InChI=1S/C20H19F3N4O/c1-3-18-24-10-12-6-7-27(11-15(12)25-18)19(28)17-9-13-8-14(20(21,22)23)4-5-16(13)26(17)2/h4-5,8-10H,3,6-7,11H2,1-2H3. The molecule has 0 radical (unpaired) electrons. The zero-order valence-corrected chi connectivity index (χ0v) is 15.5.